The first-order valence-electron chi connectivity index (χ1n) is 6.10. The van der Waals surface area contributed by atoms with Gasteiger partial charge in [-0.05, 0) is 36.2 Å². The molecule has 0 aliphatic heterocycles. The minimum atomic E-state index is 1.19. The Hall–Kier alpha value is -2.28. The van der Waals surface area contributed by atoms with Crippen molar-refractivity contribution in [3.8, 4) is 0 Å². The Morgan fingerprint density at radius 3 is 2.72 bits per heavy atom. The number of rotatable bonds is 2. The Bertz CT molecular complexity index is 760. The van der Waals surface area contributed by atoms with Crippen LogP contribution < -0.4 is 0 Å². The highest BCUT2D eigenvalue weighted by Gasteiger charge is 2.05. The molecule has 0 spiro atoms. The maximum Gasteiger partial charge on any atom is 0.0467 e. The molecule has 0 saturated heterocycles. The lowest BCUT2D eigenvalue weighted by Gasteiger charge is -2.01. The summed E-state index contributed by atoms with van der Waals surface area (Å²) >= 11 is 0. The van der Waals surface area contributed by atoms with Gasteiger partial charge in [-0.2, -0.15) is 0 Å². The van der Waals surface area contributed by atoms with E-state index in [0.717, 1.165) is 0 Å². The van der Waals surface area contributed by atoms with Crippen molar-refractivity contribution in [2.45, 2.75) is 6.92 Å². The van der Waals surface area contributed by atoms with Crippen LogP contribution in [0.25, 0.3) is 27.9 Å². The zero-order valence-electron chi connectivity index (χ0n) is 10.4. The molecule has 0 aliphatic carbocycles. The van der Waals surface area contributed by atoms with Gasteiger partial charge in [0.15, 0.2) is 0 Å². The largest absolute Gasteiger partial charge is 0.355 e. The molecule has 1 N–H and O–H groups in total. The number of allylic oxidation sites excluding steroid dienone is 2. The maximum absolute atomic E-state index is 3.71. The number of hydrogen-bond acceptors (Lipinski definition) is 0. The van der Waals surface area contributed by atoms with Gasteiger partial charge in [-0.25, -0.2) is 0 Å². The number of hydrogen-bond donors (Lipinski definition) is 1. The van der Waals surface area contributed by atoms with E-state index >= 15 is 0 Å². The van der Waals surface area contributed by atoms with Crippen molar-refractivity contribution >= 4 is 27.9 Å². The van der Waals surface area contributed by atoms with Crippen LogP contribution in [0.2, 0.25) is 0 Å². The van der Waals surface area contributed by atoms with Crippen LogP contribution in [0.15, 0.2) is 55.1 Å². The van der Waals surface area contributed by atoms with Gasteiger partial charge in [-0.3, -0.25) is 0 Å². The summed E-state index contributed by atoms with van der Waals surface area (Å²) in [5.41, 5.74) is 4.90. The highest BCUT2D eigenvalue weighted by Crippen LogP contribution is 2.28. The molecule has 1 nitrogen and oxygen atoms in total. The number of para-hydroxylation sites is 1. The van der Waals surface area contributed by atoms with Crippen molar-refractivity contribution < 1.29 is 0 Å². The van der Waals surface area contributed by atoms with Crippen LogP contribution in [0, 0.1) is 6.92 Å². The quantitative estimate of drug-likeness (QED) is 0.610. The molecular weight excluding hydrogens is 218 g/mol. The van der Waals surface area contributed by atoms with Gasteiger partial charge < -0.3 is 4.98 Å². The summed E-state index contributed by atoms with van der Waals surface area (Å²) in [5, 5.41) is 2.56. The summed E-state index contributed by atoms with van der Waals surface area (Å²) in [4.78, 5) is 3.46. The summed E-state index contributed by atoms with van der Waals surface area (Å²) in [7, 11) is 0. The van der Waals surface area contributed by atoms with Gasteiger partial charge in [0.25, 0.3) is 0 Å². The van der Waals surface area contributed by atoms with E-state index in [4.69, 9.17) is 0 Å². The predicted octanol–water partition coefficient (Wildman–Crippen LogP) is 4.83. The van der Waals surface area contributed by atoms with E-state index in [-0.39, 0.29) is 0 Å². The summed E-state index contributed by atoms with van der Waals surface area (Å²) in [6.45, 7) is 5.85. The highest BCUT2D eigenvalue weighted by atomic mass is 14.7. The van der Waals surface area contributed by atoms with Crippen molar-refractivity contribution in [1.29, 1.82) is 0 Å². The van der Waals surface area contributed by atoms with Crippen molar-refractivity contribution in [3.05, 3.63) is 66.3 Å². The number of fused-ring (bicyclic) bond motifs is 3. The fourth-order valence-corrected chi connectivity index (χ4v) is 2.37. The smallest absolute Gasteiger partial charge is 0.0467 e. The summed E-state index contributed by atoms with van der Waals surface area (Å²) in [6, 6.07) is 12.9. The lowest BCUT2D eigenvalue weighted by atomic mass is 10.0. The van der Waals surface area contributed by atoms with E-state index in [9.17, 15) is 0 Å². The Kier molecular flexibility index (Phi) is 2.52. The molecule has 0 fully saturated rings. The Morgan fingerprint density at radius 1 is 1.06 bits per heavy atom. The normalized spacial score (nSPS) is 11.6. The number of H-pyrrole nitrogens is 1. The molecule has 2 aromatic carbocycles. The molecule has 18 heavy (non-hydrogen) atoms. The van der Waals surface area contributed by atoms with Crippen LogP contribution in [-0.4, -0.2) is 4.98 Å². The van der Waals surface area contributed by atoms with E-state index < -0.39 is 0 Å². The summed E-state index contributed by atoms with van der Waals surface area (Å²) in [6.07, 6.45) is 5.88. The Labute approximate surface area is 106 Å². The lowest BCUT2D eigenvalue weighted by molar-refractivity contribution is 1.45. The minimum absolute atomic E-state index is 1.19. The standard InChI is InChI=1S/C17H15N/c1-3-4-7-13-11-15-14-8-5-6-9-16(14)18-17(15)10-12(13)2/h3-11,18H,1H2,2H3/b7-4-. The Balaban J connectivity index is 2.35. The van der Waals surface area contributed by atoms with Crippen LogP contribution in [0.1, 0.15) is 11.1 Å². The molecule has 0 amide bonds. The molecule has 3 rings (SSSR count). The number of aryl methyl sites for hydroxylation is 1. The van der Waals surface area contributed by atoms with Gasteiger partial charge in [-0.15, -0.1) is 0 Å². The number of benzene rings is 2. The molecule has 88 valence electrons. The van der Waals surface area contributed by atoms with E-state index in [0.29, 0.717) is 0 Å². The number of aromatic nitrogens is 1. The van der Waals surface area contributed by atoms with Crippen molar-refractivity contribution in [3.63, 3.8) is 0 Å². The van der Waals surface area contributed by atoms with E-state index in [1.54, 1.807) is 6.08 Å². The van der Waals surface area contributed by atoms with Crippen LogP contribution in [-0.2, 0) is 0 Å². The topological polar surface area (TPSA) is 15.8 Å². The Morgan fingerprint density at radius 2 is 1.89 bits per heavy atom. The summed E-state index contributed by atoms with van der Waals surface area (Å²) in [5.74, 6) is 0. The highest BCUT2D eigenvalue weighted by molar-refractivity contribution is 6.08. The van der Waals surface area contributed by atoms with Crippen LogP contribution in [0.5, 0.6) is 0 Å². The van der Waals surface area contributed by atoms with Gasteiger partial charge in [0.05, 0.1) is 0 Å². The molecule has 0 aliphatic rings. The maximum atomic E-state index is 3.71. The van der Waals surface area contributed by atoms with E-state index in [1.165, 1.54) is 32.9 Å². The molecule has 0 unspecified atom stereocenters. The van der Waals surface area contributed by atoms with Crippen molar-refractivity contribution in [2.75, 3.05) is 0 Å². The van der Waals surface area contributed by atoms with Gasteiger partial charge in [0, 0.05) is 21.8 Å². The molecule has 0 radical (unpaired) electrons. The second kappa shape index (κ2) is 4.19. The first-order valence-corrected chi connectivity index (χ1v) is 6.10. The molecular formula is C17H15N. The number of aromatic amines is 1. The van der Waals surface area contributed by atoms with Crippen LogP contribution in [0.3, 0.4) is 0 Å². The molecule has 1 heteroatoms. The fourth-order valence-electron chi connectivity index (χ4n) is 2.37. The second-order valence-electron chi connectivity index (χ2n) is 4.52. The van der Waals surface area contributed by atoms with Gasteiger partial charge in [0.1, 0.15) is 0 Å². The van der Waals surface area contributed by atoms with Gasteiger partial charge >= 0.3 is 0 Å². The van der Waals surface area contributed by atoms with Crippen LogP contribution >= 0.6 is 0 Å². The minimum Gasteiger partial charge on any atom is -0.355 e. The molecule has 1 aromatic heterocycles. The predicted molar refractivity (Wildman–Crippen MR) is 79.8 cm³/mol. The molecule has 0 bridgehead atoms. The zero-order valence-corrected chi connectivity index (χ0v) is 10.4. The van der Waals surface area contributed by atoms with Gasteiger partial charge in [-0.1, -0.05) is 43.0 Å². The second-order valence-corrected chi connectivity index (χ2v) is 4.52. The first-order chi connectivity index (χ1) is 8.79. The van der Waals surface area contributed by atoms with E-state index in [2.05, 4.69) is 61.0 Å². The fraction of sp³-hybridized carbons (Fsp3) is 0.0588. The van der Waals surface area contributed by atoms with Gasteiger partial charge in [0.2, 0.25) is 0 Å². The zero-order chi connectivity index (χ0) is 12.5. The molecule has 3 aromatic rings. The molecule has 0 saturated carbocycles. The monoisotopic (exact) mass is 233 g/mol. The summed E-state index contributed by atoms with van der Waals surface area (Å²) < 4.78 is 0. The molecule has 1 heterocycles. The van der Waals surface area contributed by atoms with Crippen molar-refractivity contribution in [1.82, 2.24) is 4.98 Å². The first kappa shape index (κ1) is 10.8. The average Bonchev–Trinajstić information content (AvgIpc) is 2.73. The lowest BCUT2D eigenvalue weighted by Crippen LogP contribution is -1.80. The van der Waals surface area contributed by atoms with E-state index in [1.807, 2.05) is 6.08 Å². The van der Waals surface area contributed by atoms with Crippen molar-refractivity contribution in [2.24, 2.45) is 0 Å². The molecule has 0 atom stereocenters. The number of nitrogens with one attached hydrogen (secondary N) is 1. The third kappa shape index (κ3) is 1.65. The SMILES string of the molecule is C=C/C=C\c1cc2c(cc1C)[nH]c1ccccc12. The average molecular weight is 233 g/mol. The third-order valence-corrected chi connectivity index (χ3v) is 3.30. The van der Waals surface area contributed by atoms with Crippen LogP contribution in [0.4, 0.5) is 0 Å². The third-order valence-electron chi connectivity index (χ3n) is 3.30.